The molecule has 4 saturated carbocycles. The van der Waals surface area contributed by atoms with Gasteiger partial charge in [0.25, 0.3) is 0 Å². The highest BCUT2D eigenvalue weighted by Gasteiger charge is 2.43. The van der Waals surface area contributed by atoms with E-state index in [0.717, 1.165) is 56.1 Å². The molecule has 31 heavy (non-hydrogen) atoms. The number of nitrogens with one attached hydrogen (secondary N) is 2. The van der Waals surface area contributed by atoms with Gasteiger partial charge in [0.1, 0.15) is 0 Å². The van der Waals surface area contributed by atoms with Crippen molar-refractivity contribution in [1.82, 2.24) is 20.4 Å². The number of carbonyl (C=O) groups excluding carboxylic acids is 2. The number of hydrogen-bond donors (Lipinski definition) is 2. The van der Waals surface area contributed by atoms with Crippen LogP contribution >= 0.6 is 0 Å². The molecule has 1 heterocycles. The van der Waals surface area contributed by atoms with Crippen LogP contribution in [0.15, 0.2) is 0 Å². The summed E-state index contributed by atoms with van der Waals surface area (Å²) in [6, 6.07) is 1.25. The minimum absolute atomic E-state index is 0.210. The lowest BCUT2D eigenvalue weighted by molar-refractivity contribution is -0.127. The van der Waals surface area contributed by atoms with E-state index < -0.39 is 0 Å². The number of piperazine rings is 1. The normalized spacial score (nSPS) is 27.6. The number of carbonyl (C=O) groups is 2. The van der Waals surface area contributed by atoms with Crippen molar-refractivity contribution < 1.29 is 9.59 Å². The second-order valence-corrected chi connectivity index (χ2v) is 11.2. The summed E-state index contributed by atoms with van der Waals surface area (Å²) in [5, 5.41) is 6.77. The summed E-state index contributed by atoms with van der Waals surface area (Å²) in [5.74, 6) is 3.40. The van der Waals surface area contributed by atoms with Gasteiger partial charge in [0.15, 0.2) is 0 Å². The molecule has 1 aliphatic heterocycles. The fourth-order valence-corrected chi connectivity index (χ4v) is 5.83. The van der Waals surface area contributed by atoms with Crippen LogP contribution in [0.25, 0.3) is 0 Å². The second-order valence-electron chi connectivity index (χ2n) is 11.2. The van der Waals surface area contributed by atoms with E-state index in [-0.39, 0.29) is 11.8 Å². The van der Waals surface area contributed by atoms with Gasteiger partial charge in [0.2, 0.25) is 11.8 Å². The zero-order valence-corrected chi connectivity index (χ0v) is 19.4. The highest BCUT2D eigenvalue weighted by Crippen LogP contribution is 2.45. The zero-order chi connectivity index (χ0) is 21.4. The lowest BCUT2D eigenvalue weighted by Gasteiger charge is -2.41. The van der Waals surface area contributed by atoms with Crippen molar-refractivity contribution in [2.45, 2.75) is 89.3 Å². The SMILES string of the molecule is CCC[C@@H]1CN(CC(=O)NC(C2CC2)C2CC2)CCN1CC(=O)NC(C1CC1)C1CC1. The summed E-state index contributed by atoms with van der Waals surface area (Å²) in [5.41, 5.74) is 0. The van der Waals surface area contributed by atoms with Crippen molar-refractivity contribution in [3.8, 4) is 0 Å². The smallest absolute Gasteiger partial charge is 0.234 e. The van der Waals surface area contributed by atoms with E-state index in [0.29, 0.717) is 31.2 Å². The fourth-order valence-electron chi connectivity index (χ4n) is 5.83. The first-order valence-corrected chi connectivity index (χ1v) is 13.2. The number of rotatable bonds is 12. The molecular formula is C25H42N4O2. The van der Waals surface area contributed by atoms with E-state index in [9.17, 15) is 9.59 Å². The highest BCUT2D eigenvalue weighted by atomic mass is 16.2. The molecule has 174 valence electrons. The monoisotopic (exact) mass is 430 g/mol. The van der Waals surface area contributed by atoms with Crippen molar-refractivity contribution >= 4 is 11.8 Å². The molecule has 5 fully saturated rings. The van der Waals surface area contributed by atoms with E-state index in [2.05, 4.69) is 27.4 Å². The quantitative estimate of drug-likeness (QED) is 0.499. The third-order valence-electron chi connectivity index (χ3n) is 8.20. The topological polar surface area (TPSA) is 64.7 Å². The van der Waals surface area contributed by atoms with Crippen LogP contribution in [0.4, 0.5) is 0 Å². The molecule has 5 rings (SSSR count). The van der Waals surface area contributed by atoms with Crippen LogP contribution in [0.1, 0.15) is 71.1 Å². The van der Waals surface area contributed by atoms with Gasteiger partial charge in [0.05, 0.1) is 13.1 Å². The number of amides is 2. The molecule has 1 saturated heterocycles. The van der Waals surface area contributed by atoms with E-state index in [1.807, 2.05) is 0 Å². The summed E-state index contributed by atoms with van der Waals surface area (Å²) < 4.78 is 0. The maximum absolute atomic E-state index is 12.8. The van der Waals surface area contributed by atoms with Crippen LogP contribution in [-0.4, -0.2) is 72.5 Å². The summed E-state index contributed by atoms with van der Waals surface area (Å²) in [7, 11) is 0. The van der Waals surface area contributed by atoms with E-state index >= 15 is 0 Å². The largest absolute Gasteiger partial charge is 0.352 e. The Morgan fingerprint density at radius 1 is 0.774 bits per heavy atom. The fraction of sp³-hybridized carbons (Fsp3) is 0.920. The van der Waals surface area contributed by atoms with Crippen LogP contribution in [-0.2, 0) is 9.59 Å². The van der Waals surface area contributed by atoms with Gasteiger partial charge in [-0.2, -0.15) is 0 Å². The van der Waals surface area contributed by atoms with Crippen molar-refractivity contribution in [3.63, 3.8) is 0 Å². The summed E-state index contributed by atoms with van der Waals surface area (Å²) in [6.07, 6.45) is 12.6. The Morgan fingerprint density at radius 3 is 1.71 bits per heavy atom. The van der Waals surface area contributed by atoms with Crippen molar-refractivity contribution in [2.75, 3.05) is 32.7 Å². The molecule has 2 N–H and O–H groups in total. The van der Waals surface area contributed by atoms with Gasteiger partial charge in [0, 0.05) is 37.8 Å². The van der Waals surface area contributed by atoms with Gasteiger partial charge in [-0.1, -0.05) is 13.3 Å². The predicted molar refractivity (Wildman–Crippen MR) is 121 cm³/mol. The Bertz CT molecular complexity index is 630. The van der Waals surface area contributed by atoms with Crippen LogP contribution in [0, 0.1) is 23.7 Å². The lowest BCUT2D eigenvalue weighted by atomic mass is 10.1. The highest BCUT2D eigenvalue weighted by molar-refractivity contribution is 5.79. The zero-order valence-electron chi connectivity index (χ0n) is 19.4. The van der Waals surface area contributed by atoms with Crippen LogP contribution < -0.4 is 10.6 Å². The minimum Gasteiger partial charge on any atom is -0.352 e. The van der Waals surface area contributed by atoms with Crippen LogP contribution in [0.3, 0.4) is 0 Å². The molecule has 6 nitrogen and oxygen atoms in total. The molecular weight excluding hydrogens is 388 g/mol. The first-order valence-electron chi connectivity index (χ1n) is 13.2. The third kappa shape index (κ3) is 6.01. The van der Waals surface area contributed by atoms with E-state index in [4.69, 9.17) is 0 Å². The Kier molecular flexibility index (Phi) is 6.57. The van der Waals surface area contributed by atoms with Crippen LogP contribution in [0.5, 0.6) is 0 Å². The number of nitrogens with zero attached hydrogens (tertiary/aromatic N) is 2. The van der Waals surface area contributed by atoms with Crippen molar-refractivity contribution in [1.29, 1.82) is 0 Å². The van der Waals surface area contributed by atoms with Gasteiger partial charge < -0.3 is 10.6 Å². The van der Waals surface area contributed by atoms with Gasteiger partial charge in [-0.3, -0.25) is 19.4 Å². The first kappa shape index (κ1) is 21.7. The lowest BCUT2D eigenvalue weighted by Crippen LogP contribution is -2.57. The van der Waals surface area contributed by atoms with Gasteiger partial charge in [-0.05, 0) is 81.5 Å². The molecule has 1 atom stereocenters. The Labute approximate surface area is 187 Å². The molecule has 4 aliphatic carbocycles. The third-order valence-corrected chi connectivity index (χ3v) is 8.20. The molecule has 0 unspecified atom stereocenters. The predicted octanol–water partition coefficient (Wildman–Crippen LogP) is 2.38. The first-order chi connectivity index (χ1) is 15.1. The molecule has 0 bridgehead atoms. The molecule has 5 aliphatic rings. The van der Waals surface area contributed by atoms with Gasteiger partial charge >= 0.3 is 0 Å². The Balaban J connectivity index is 1.09. The van der Waals surface area contributed by atoms with Gasteiger partial charge in [-0.25, -0.2) is 0 Å². The molecule has 2 amide bonds. The summed E-state index contributed by atoms with van der Waals surface area (Å²) in [4.78, 5) is 30.3. The summed E-state index contributed by atoms with van der Waals surface area (Å²) in [6.45, 7) is 5.93. The number of hydrogen-bond acceptors (Lipinski definition) is 4. The molecule has 0 aromatic carbocycles. The molecule has 0 aromatic rings. The second kappa shape index (κ2) is 9.38. The Hall–Kier alpha value is -1.14. The van der Waals surface area contributed by atoms with Crippen molar-refractivity contribution in [3.05, 3.63) is 0 Å². The summed E-state index contributed by atoms with van der Waals surface area (Å²) >= 11 is 0. The van der Waals surface area contributed by atoms with Crippen molar-refractivity contribution in [2.24, 2.45) is 23.7 Å². The van der Waals surface area contributed by atoms with Gasteiger partial charge in [-0.15, -0.1) is 0 Å². The van der Waals surface area contributed by atoms with E-state index in [1.54, 1.807) is 0 Å². The molecule has 0 radical (unpaired) electrons. The minimum atomic E-state index is 0.210. The van der Waals surface area contributed by atoms with Crippen LogP contribution in [0.2, 0.25) is 0 Å². The molecule has 6 heteroatoms. The molecule has 0 spiro atoms. The average molecular weight is 431 g/mol. The molecule has 0 aromatic heterocycles. The average Bonchev–Trinajstić information content (AvgIpc) is 3.55. The maximum Gasteiger partial charge on any atom is 0.234 e. The Morgan fingerprint density at radius 2 is 1.26 bits per heavy atom. The maximum atomic E-state index is 12.8. The standard InChI is InChI=1S/C25H42N4O2/c1-2-3-21-14-28(15-22(30)26-24(17-4-5-17)18-6-7-18)12-13-29(21)16-23(31)27-25(19-8-9-19)20-10-11-20/h17-21,24-25H,2-16H2,1H3,(H,26,30)(H,27,31)/t21-/m1/s1. The van der Waals surface area contributed by atoms with E-state index in [1.165, 1.54) is 51.4 Å².